The molecular formula is C12H10ClFN4O2. The maximum atomic E-state index is 12.7. The quantitative estimate of drug-likeness (QED) is 0.401. The van der Waals surface area contributed by atoms with Crippen molar-refractivity contribution >= 4 is 23.4 Å². The van der Waals surface area contributed by atoms with Gasteiger partial charge in [0.05, 0.1) is 11.2 Å². The van der Waals surface area contributed by atoms with Gasteiger partial charge in [-0.1, -0.05) is 16.8 Å². The van der Waals surface area contributed by atoms with Crippen LogP contribution in [0, 0.1) is 5.82 Å². The monoisotopic (exact) mass is 296 g/mol. The second-order valence-corrected chi connectivity index (χ2v) is 4.24. The molecule has 8 heteroatoms. The first-order valence-electron chi connectivity index (χ1n) is 5.52. The summed E-state index contributed by atoms with van der Waals surface area (Å²) in [6, 6.07) is 5.31. The van der Waals surface area contributed by atoms with Crippen LogP contribution in [0.4, 0.5) is 4.39 Å². The number of oxime groups is 1. The zero-order valence-corrected chi connectivity index (χ0v) is 10.9. The van der Waals surface area contributed by atoms with Crippen LogP contribution in [0.25, 0.3) is 0 Å². The molecule has 20 heavy (non-hydrogen) atoms. The number of benzene rings is 1. The fourth-order valence-electron chi connectivity index (χ4n) is 1.36. The molecule has 0 amide bonds. The van der Waals surface area contributed by atoms with Gasteiger partial charge in [-0.15, -0.1) is 0 Å². The predicted octanol–water partition coefficient (Wildman–Crippen LogP) is 1.54. The van der Waals surface area contributed by atoms with Crippen molar-refractivity contribution in [1.29, 1.82) is 0 Å². The lowest BCUT2D eigenvalue weighted by Crippen LogP contribution is -2.17. The highest BCUT2D eigenvalue weighted by molar-refractivity contribution is 6.30. The summed E-state index contributed by atoms with van der Waals surface area (Å²) in [5.74, 6) is -1.08. The van der Waals surface area contributed by atoms with E-state index in [1.807, 2.05) is 0 Å². The van der Waals surface area contributed by atoms with Crippen molar-refractivity contribution in [3.05, 3.63) is 53.1 Å². The highest BCUT2D eigenvalue weighted by atomic mass is 35.5. The van der Waals surface area contributed by atoms with E-state index in [4.69, 9.17) is 17.3 Å². The topological polar surface area (TPSA) is 82.5 Å². The molecule has 0 aliphatic carbocycles. The molecule has 0 unspecified atom stereocenters. The molecule has 0 spiro atoms. The second kappa shape index (κ2) is 6.16. The van der Waals surface area contributed by atoms with Gasteiger partial charge in [-0.2, -0.15) is 5.10 Å². The third kappa shape index (κ3) is 3.79. The van der Waals surface area contributed by atoms with Gasteiger partial charge in [0.15, 0.2) is 5.84 Å². The second-order valence-electron chi connectivity index (χ2n) is 3.80. The zero-order valence-electron chi connectivity index (χ0n) is 10.2. The van der Waals surface area contributed by atoms with Crippen LogP contribution in [0.3, 0.4) is 0 Å². The van der Waals surface area contributed by atoms with Gasteiger partial charge >= 0.3 is 5.97 Å². The third-order valence-electron chi connectivity index (χ3n) is 2.28. The van der Waals surface area contributed by atoms with E-state index in [9.17, 15) is 9.18 Å². The average molecular weight is 297 g/mol. The minimum Gasteiger partial charge on any atom is -0.380 e. The van der Waals surface area contributed by atoms with E-state index in [-0.39, 0.29) is 12.4 Å². The molecule has 1 aromatic carbocycles. The number of nitrogens with zero attached hydrogens (tertiary/aromatic N) is 3. The Morgan fingerprint density at radius 1 is 1.45 bits per heavy atom. The maximum absolute atomic E-state index is 12.7. The minimum atomic E-state index is -0.658. The summed E-state index contributed by atoms with van der Waals surface area (Å²) in [5, 5.41) is 7.70. The van der Waals surface area contributed by atoms with E-state index in [1.54, 1.807) is 0 Å². The van der Waals surface area contributed by atoms with Gasteiger partial charge in [-0.3, -0.25) is 4.68 Å². The molecule has 6 nitrogen and oxygen atoms in total. The summed E-state index contributed by atoms with van der Waals surface area (Å²) in [6.45, 7) is -0.146. The first-order valence-corrected chi connectivity index (χ1v) is 5.89. The van der Waals surface area contributed by atoms with E-state index in [0.717, 1.165) is 0 Å². The van der Waals surface area contributed by atoms with Gasteiger partial charge in [-0.05, 0) is 24.3 Å². The van der Waals surface area contributed by atoms with Crippen molar-refractivity contribution in [3.8, 4) is 0 Å². The Hall–Kier alpha value is -2.41. The van der Waals surface area contributed by atoms with Crippen molar-refractivity contribution in [2.24, 2.45) is 10.9 Å². The van der Waals surface area contributed by atoms with Gasteiger partial charge in [0.1, 0.15) is 12.4 Å². The van der Waals surface area contributed by atoms with E-state index < -0.39 is 11.8 Å². The molecule has 0 radical (unpaired) electrons. The number of aromatic nitrogens is 2. The van der Waals surface area contributed by atoms with Crippen LogP contribution in [0.15, 0.2) is 41.8 Å². The van der Waals surface area contributed by atoms with E-state index in [2.05, 4.69) is 15.1 Å². The third-order valence-corrected chi connectivity index (χ3v) is 2.47. The molecule has 104 valence electrons. The van der Waals surface area contributed by atoms with Gasteiger partial charge in [0.2, 0.25) is 0 Å². The molecule has 0 bridgehead atoms. The van der Waals surface area contributed by atoms with Crippen LogP contribution in [0.1, 0.15) is 5.56 Å². The number of amidine groups is 1. The lowest BCUT2D eigenvalue weighted by molar-refractivity contribution is -0.144. The summed E-state index contributed by atoms with van der Waals surface area (Å²) >= 11 is 5.65. The first kappa shape index (κ1) is 14.0. The van der Waals surface area contributed by atoms with Crippen LogP contribution in [0.5, 0.6) is 0 Å². The summed E-state index contributed by atoms with van der Waals surface area (Å²) in [6.07, 6.45) is 2.86. The van der Waals surface area contributed by atoms with Crippen LogP contribution >= 0.6 is 11.6 Å². The molecule has 0 fully saturated rings. The van der Waals surface area contributed by atoms with Crippen LogP contribution in [-0.2, 0) is 16.2 Å². The van der Waals surface area contributed by atoms with E-state index in [1.165, 1.54) is 41.3 Å². The molecule has 1 heterocycles. The maximum Gasteiger partial charge on any atom is 0.356 e. The predicted molar refractivity (Wildman–Crippen MR) is 70.5 cm³/mol. The van der Waals surface area contributed by atoms with Crippen LogP contribution in [0.2, 0.25) is 5.02 Å². The molecule has 0 saturated carbocycles. The lowest BCUT2D eigenvalue weighted by Gasteiger charge is -2.01. The fourth-order valence-corrected chi connectivity index (χ4v) is 1.52. The number of hydrogen-bond donors (Lipinski definition) is 1. The summed E-state index contributed by atoms with van der Waals surface area (Å²) in [5.41, 5.74) is 6.04. The number of carbonyl (C=O) groups is 1. The molecule has 1 aromatic heterocycles. The van der Waals surface area contributed by atoms with Gasteiger partial charge in [0.25, 0.3) is 0 Å². The Morgan fingerprint density at radius 2 is 2.15 bits per heavy atom. The summed E-state index contributed by atoms with van der Waals surface area (Å²) in [7, 11) is 0. The Kier molecular flexibility index (Phi) is 4.31. The minimum absolute atomic E-state index is 0.0307. The van der Waals surface area contributed by atoms with Crippen molar-refractivity contribution in [3.63, 3.8) is 0 Å². The largest absolute Gasteiger partial charge is 0.380 e. The highest BCUT2D eigenvalue weighted by Crippen LogP contribution is 2.05. The van der Waals surface area contributed by atoms with Crippen molar-refractivity contribution in [2.75, 3.05) is 0 Å². The van der Waals surface area contributed by atoms with Crippen molar-refractivity contribution < 1.29 is 14.0 Å². The summed E-state index contributed by atoms with van der Waals surface area (Å²) < 4.78 is 14.0. The number of nitrogens with two attached hydrogens (primary N) is 1. The Balaban J connectivity index is 1.94. The number of rotatable bonds is 4. The Labute approximate surface area is 118 Å². The van der Waals surface area contributed by atoms with E-state index >= 15 is 0 Å². The number of carbonyl (C=O) groups excluding carboxylic acids is 1. The standard InChI is InChI=1S/C12H10ClFN4O2/c13-9-5-16-18(6-9)7-11(19)20-17-12(15)8-1-3-10(14)4-2-8/h1-6H,7H2,(H2,15,17). The lowest BCUT2D eigenvalue weighted by atomic mass is 10.2. The Morgan fingerprint density at radius 3 is 2.75 bits per heavy atom. The van der Waals surface area contributed by atoms with Gasteiger partial charge < -0.3 is 10.6 Å². The SMILES string of the molecule is N/C(=N\OC(=O)Cn1cc(Cl)cn1)c1ccc(F)cc1. The van der Waals surface area contributed by atoms with Crippen LogP contribution in [-0.4, -0.2) is 21.6 Å². The van der Waals surface area contributed by atoms with Crippen molar-refractivity contribution in [2.45, 2.75) is 6.54 Å². The molecule has 2 aromatic rings. The molecule has 0 atom stereocenters. The molecule has 2 N–H and O–H groups in total. The average Bonchev–Trinajstić information content (AvgIpc) is 2.82. The van der Waals surface area contributed by atoms with Gasteiger partial charge in [-0.25, -0.2) is 9.18 Å². The molecule has 0 aliphatic heterocycles. The summed E-state index contributed by atoms with van der Waals surface area (Å²) in [4.78, 5) is 16.1. The van der Waals surface area contributed by atoms with Crippen LogP contribution < -0.4 is 5.73 Å². The molecule has 0 saturated heterocycles. The molecule has 2 rings (SSSR count). The number of halogens is 2. The molecular weight excluding hydrogens is 287 g/mol. The first-order chi connectivity index (χ1) is 9.54. The van der Waals surface area contributed by atoms with E-state index in [0.29, 0.717) is 10.6 Å². The normalized spacial score (nSPS) is 11.4. The van der Waals surface area contributed by atoms with Crippen molar-refractivity contribution in [1.82, 2.24) is 9.78 Å². The Bertz CT molecular complexity index is 639. The number of hydrogen-bond acceptors (Lipinski definition) is 4. The highest BCUT2D eigenvalue weighted by Gasteiger charge is 2.07. The zero-order chi connectivity index (χ0) is 14.5. The fraction of sp³-hybridized carbons (Fsp3) is 0.0833. The van der Waals surface area contributed by atoms with Gasteiger partial charge in [0, 0.05) is 11.8 Å². The smallest absolute Gasteiger partial charge is 0.356 e. The molecule has 0 aliphatic rings.